The molecule has 5 nitrogen and oxygen atoms in total. The molecule has 168 valence electrons. The lowest BCUT2D eigenvalue weighted by Crippen LogP contribution is -2.16. The standard InChI is InChI=1S/C23H16BrClF2N4OS/c1-13-2-4-14(5-3-13)22-29-30-23(31(22)17-8-6-15(25)7-9-17)33-12-20(32)28-21-18(24)10-16(26)11-19(21)27/h2-11H,12H2,1H3,(H,28,32). The van der Waals surface area contributed by atoms with E-state index in [4.69, 9.17) is 11.6 Å². The molecule has 0 spiro atoms. The summed E-state index contributed by atoms with van der Waals surface area (Å²) in [7, 11) is 0. The molecule has 0 radical (unpaired) electrons. The molecule has 0 atom stereocenters. The van der Waals surface area contributed by atoms with Gasteiger partial charge in [0, 0.05) is 26.8 Å². The number of thioether (sulfide) groups is 1. The fourth-order valence-corrected chi connectivity index (χ4v) is 4.43. The van der Waals surface area contributed by atoms with E-state index in [1.807, 2.05) is 47.9 Å². The first-order valence-electron chi connectivity index (χ1n) is 9.67. The molecular formula is C23H16BrClF2N4OS. The molecule has 4 aromatic rings. The number of benzene rings is 3. The van der Waals surface area contributed by atoms with Gasteiger partial charge in [-0.25, -0.2) is 8.78 Å². The predicted molar refractivity (Wildman–Crippen MR) is 130 cm³/mol. The Morgan fingerprint density at radius 3 is 2.45 bits per heavy atom. The van der Waals surface area contributed by atoms with Crippen LogP contribution < -0.4 is 5.32 Å². The van der Waals surface area contributed by atoms with Crippen molar-refractivity contribution in [3.63, 3.8) is 0 Å². The summed E-state index contributed by atoms with van der Waals surface area (Å²) in [5.41, 5.74) is 2.62. The molecule has 0 aliphatic rings. The van der Waals surface area contributed by atoms with Crippen LogP contribution in [-0.2, 0) is 4.79 Å². The smallest absolute Gasteiger partial charge is 0.234 e. The molecule has 0 fully saturated rings. The summed E-state index contributed by atoms with van der Waals surface area (Å²) < 4.78 is 29.3. The molecule has 33 heavy (non-hydrogen) atoms. The lowest BCUT2D eigenvalue weighted by molar-refractivity contribution is -0.113. The van der Waals surface area contributed by atoms with E-state index in [9.17, 15) is 13.6 Å². The summed E-state index contributed by atoms with van der Waals surface area (Å²) in [5, 5.41) is 12.1. The number of nitrogens with one attached hydrogen (secondary N) is 1. The van der Waals surface area contributed by atoms with Crippen LogP contribution in [0, 0.1) is 18.6 Å². The minimum absolute atomic E-state index is 0.0666. The number of aryl methyl sites for hydroxylation is 1. The first-order chi connectivity index (χ1) is 15.8. The van der Waals surface area contributed by atoms with Crippen molar-refractivity contribution in [1.29, 1.82) is 0 Å². The van der Waals surface area contributed by atoms with Gasteiger partial charge in [0.1, 0.15) is 5.82 Å². The SMILES string of the molecule is Cc1ccc(-c2nnc(SCC(=O)Nc3c(F)cc(F)cc3Br)n2-c2ccc(Cl)cc2)cc1. The molecule has 0 unspecified atom stereocenters. The van der Waals surface area contributed by atoms with Gasteiger partial charge < -0.3 is 5.32 Å². The van der Waals surface area contributed by atoms with Gasteiger partial charge in [0.25, 0.3) is 0 Å². The van der Waals surface area contributed by atoms with Gasteiger partial charge >= 0.3 is 0 Å². The molecule has 3 aromatic carbocycles. The van der Waals surface area contributed by atoms with Crippen LogP contribution in [0.15, 0.2) is 70.3 Å². The number of aromatic nitrogens is 3. The Labute approximate surface area is 206 Å². The zero-order chi connectivity index (χ0) is 23.5. The average molecular weight is 550 g/mol. The van der Waals surface area contributed by atoms with Gasteiger partial charge in [-0.15, -0.1) is 10.2 Å². The summed E-state index contributed by atoms with van der Waals surface area (Å²) in [6.07, 6.45) is 0. The highest BCUT2D eigenvalue weighted by atomic mass is 79.9. The summed E-state index contributed by atoms with van der Waals surface area (Å²) in [6, 6.07) is 16.8. The zero-order valence-electron chi connectivity index (χ0n) is 17.2. The van der Waals surface area contributed by atoms with Crippen LogP contribution in [0.1, 0.15) is 5.56 Å². The molecule has 1 aromatic heterocycles. The van der Waals surface area contributed by atoms with Crippen molar-refractivity contribution < 1.29 is 13.6 Å². The Kier molecular flexibility index (Phi) is 7.11. The molecule has 1 heterocycles. The third-order valence-corrected chi connectivity index (χ3v) is 6.44. The highest BCUT2D eigenvalue weighted by Crippen LogP contribution is 2.30. The molecule has 0 saturated carbocycles. The van der Waals surface area contributed by atoms with E-state index in [1.165, 1.54) is 0 Å². The van der Waals surface area contributed by atoms with E-state index in [0.29, 0.717) is 22.1 Å². The maximum Gasteiger partial charge on any atom is 0.234 e. The van der Waals surface area contributed by atoms with Crippen LogP contribution in [0.4, 0.5) is 14.5 Å². The van der Waals surface area contributed by atoms with Gasteiger partial charge in [-0.1, -0.05) is 53.2 Å². The number of anilines is 1. The lowest BCUT2D eigenvalue weighted by atomic mass is 10.1. The highest BCUT2D eigenvalue weighted by Gasteiger charge is 2.19. The number of nitrogens with zero attached hydrogens (tertiary/aromatic N) is 3. The van der Waals surface area contributed by atoms with E-state index >= 15 is 0 Å². The zero-order valence-corrected chi connectivity index (χ0v) is 20.3. The van der Waals surface area contributed by atoms with Crippen molar-refractivity contribution in [2.75, 3.05) is 11.1 Å². The summed E-state index contributed by atoms with van der Waals surface area (Å²) in [5.74, 6) is -1.55. The fraction of sp³-hybridized carbons (Fsp3) is 0.0870. The van der Waals surface area contributed by atoms with Crippen LogP contribution in [-0.4, -0.2) is 26.4 Å². The molecule has 0 saturated heterocycles. The van der Waals surface area contributed by atoms with Gasteiger partial charge in [-0.05, 0) is 53.2 Å². The van der Waals surface area contributed by atoms with E-state index in [1.54, 1.807) is 12.1 Å². The van der Waals surface area contributed by atoms with E-state index in [-0.39, 0.29) is 15.9 Å². The van der Waals surface area contributed by atoms with Gasteiger partial charge in [0.2, 0.25) is 5.91 Å². The molecule has 0 aliphatic carbocycles. The molecule has 4 rings (SSSR count). The highest BCUT2D eigenvalue weighted by molar-refractivity contribution is 9.10. The minimum Gasteiger partial charge on any atom is -0.322 e. The average Bonchev–Trinajstić information content (AvgIpc) is 3.20. The van der Waals surface area contributed by atoms with Crippen molar-refractivity contribution in [2.45, 2.75) is 12.1 Å². The number of carbonyl (C=O) groups is 1. The van der Waals surface area contributed by atoms with Crippen molar-refractivity contribution in [2.24, 2.45) is 0 Å². The summed E-state index contributed by atoms with van der Waals surface area (Å²) in [6.45, 7) is 2.00. The van der Waals surface area contributed by atoms with Crippen LogP contribution in [0.25, 0.3) is 17.1 Å². The molecule has 1 N–H and O–H groups in total. The maximum absolute atomic E-state index is 14.0. The monoisotopic (exact) mass is 548 g/mol. The maximum atomic E-state index is 14.0. The van der Waals surface area contributed by atoms with Crippen molar-refractivity contribution >= 4 is 50.9 Å². The fourth-order valence-electron chi connectivity index (χ4n) is 3.04. The number of amides is 1. The molecule has 10 heteroatoms. The first kappa shape index (κ1) is 23.4. The third kappa shape index (κ3) is 5.43. The van der Waals surface area contributed by atoms with Crippen LogP contribution >= 0.6 is 39.3 Å². The Morgan fingerprint density at radius 1 is 1.09 bits per heavy atom. The van der Waals surface area contributed by atoms with Crippen molar-refractivity contribution in [3.05, 3.63) is 87.4 Å². The largest absolute Gasteiger partial charge is 0.322 e. The second-order valence-corrected chi connectivity index (χ2v) is 9.30. The second-order valence-electron chi connectivity index (χ2n) is 7.07. The number of halogens is 4. The quantitative estimate of drug-likeness (QED) is 0.273. The number of carbonyl (C=O) groups excluding carboxylic acids is 1. The van der Waals surface area contributed by atoms with E-state index in [0.717, 1.165) is 34.6 Å². The topological polar surface area (TPSA) is 59.8 Å². The van der Waals surface area contributed by atoms with Gasteiger partial charge in [-0.2, -0.15) is 0 Å². The molecular weight excluding hydrogens is 534 g/mol. The van der Waals surface area contributed by atoms with Crippen molar-refractivity contribution in [1.82, 2.24) is 14.8 Å². The van der Waals surface area contributed by atoms with Gasteiger partial charge in [0.05, 0.1) is 11.4 Å². The normalized spacial score (nSPS) is 10.9. The Hall–Kier alpha value is -2.75. The first-order valence-corrected chi connectivity index (χ1v) is 11.8. The Bertz CT molecular complexity index is 1290. The molecule has 0 bridgehead atoms. The van der Waals surface area contributed by atoms with Gasteiger partial charge in [-0.3, -0.25) is 9.36 Å². The minimum atomic E-state index is -0.869. The second kappa shape index (κ2) is 10.0. The summed E-state index contributed by atoms with van der Waals surface area (Å²) in [4.78, 5) is 12.5. The van der Waals surface area contributed by atoms with E-state index < -0.39 is 17.5 Å². The number of hydrogen-bond acceptors (Lipinski definition) is 4. The van der Waals surface area contributed by atoms with Crippen LogP contribution in [0.2, 0.25) is 5.02 Å². The lowest BCUT2D eigenvalue weighted by Gasteiger charge is -2.11. The van der Waals surface area contributed by atoms with Crippen LogP contribution in [0.5, 0.6) is 0 Å². The summed E-state index contributed by atoms with van der Waals surface area (Å²) >= 11 is 10.3. The van der Waals surface area contributed by atoms with Crippen molar-refractivity contribution in [3.8, 4) is 17.1 Å². The molecule has 1 amide bonds. The number of rotatable bonds is 6. The number of hydrogen-bond donors (Lipinski definition) is 1. The van der Waals surface area contributed by atoms with Gasteiger partial charge in [0.15, 0.2) is 16.8 Å². The van der Waals surface area contributed by atoms with E-state index in [2.05, 4.69) is 31.4 Å². The Balaban J connectivity index is 1.60. The molecule has 0 aliphatic heterocycles. The van der Waals surface area contributed by atoms with Crippen LogP contribution in [0.3, 0.4) is 0 Å². The Morgan fingerprint density at radius 2 is 1.79 bits per heavy atom. The predicted octanol–water partition coefficient (Wildman–Crippen LogP) is 6.67. The third-order valence-electron chi connectivity index (χ3n) is 4.63.